The number of fused-ring (bicyclic) bond motifs is 6. The van der Waals surface area contributed by atoms with Crippen LogP contribution in [0, 0.1) is 0 Å². The number of para-hydroxylation sites is 3. The maximum atomic E-state index is 5.73. The van der Waals surface area contributed by atoms with E-state index in [9.17, 15) is 0 Å². The minimum absolute atomic E-state index is 0.857. The molecule has 0 N–H and O–H groups in total. The van der Waals surface area contributed by atoms with Gasteiger partial charge in [-0.25, -0.2) is 4.98 Å². The Morgan fingerprint density at radius 2 is 0.770 bits per heavy atom. The highest BCUT2D eigenvalue weighted by atomic mass is 15.2. The molecule has 3 heterocycles. The van der Waals surface area contributed by atoms with Crippen molar-refractivity contribution in [3.8, 4) is 67.3 Å². The summed E-state index contributed by atoms with van der Waals surface area (Å²) >= 11 is 0. The maximum absolute atomic E-state index is 5.73. The maximum Gasteiger partial charge on any atom is 0.220 e. The van der Waals surface area contributed by atoms with Crippen molar-refractivity contribution < 1.29 is 0 Å². The molecule has 0 saturated heterocycles. The van der Waals surface area contributed by atoms with Crippen LogP contribution < -0.4 is 0 Å². The summed E-state index contributed by atoms with van der Waals surface area (Å²) in [5, 5.41) is 2.46. The molecule has 12 aromatic rings. The van der Waals surface area contributed by atoms with Crippen LogP contribution in [-0.4, -0.2) is 18.5 Å². The Balaban J connectivity index is 1.17. The minimum Gasteiger partial charge on any atom is -0.309 e. The third kappa shape index (κ3) is 5.65. The monoisotopic (exact) mass is 778 g/mol. The van der Waals surface area contributed by atoms with Crippen molar-refractivity contribution in [2.24, 2.45) is 0 Å². The van der Waals surface area contributed by atoms with Crippen molar-refractivity contribution in [2.45, 2.75) is 0 Å². The zero-order valence-corrected chi connectivity index (χ0v) is 33.2. The second-order valence-electron chi connectivity index (χ2n) is 15.6. The predicted molar refractivity (Wildman–Crippen MR) is 254 cm³/mol. The fourth-order valence-corrected chi connectivity index (χ4v) is 9.36. The first-order chi connectivity index (χ1) is 30.3. The highest BCUT2D eigenvalue weighted by Gasteiger charge is 2.27. The van der Waals surface area contributed by atoms with Crippen molar-refractivity contribution in [2.75, 3.05) is 0 Å². The molecule has 0 radical (unpaired) electrons. The summed E-state index contributed by atoms with van der Waals surface area (Å²) in [5.74, 6) is 0.857. The van der Waals surface area contributed by atoms with E-state index >= 15 is 0 Å². The fourth-order valence-electron chi connectivity index (χ4n) is 9.36. The first kappa shape index (κ1) is 34.8. The largest absolute Gasteiger partial charge is 0.309 e. The molecule has 0 aliphatic rings. The van der Waals surface area contributed by atoms with Crippen LogP contribution in [0.4, 0.5) is 0 Å². The van der Waals surface area contributed by atoms with Gasteiger partial charge in [0.05, 0.1) is 33.5 Å². The van der Waals surface area contributed by atoms with E-state index in [0.717, 1.165) is 84.1 Å². The molecular weight excluding hydrogens is 741 g/mol. The quantitative estimate of drug-likeness (QED) is 0.158. The van der Waals surface area contributed by atoms with Crippen LogP contribution >= 0.6 is 0 Å². The van der Waals surface area contributed by atoms with E-state index in [1.54, 1.807) is 0 Å². The third-order valence-electron chi connectivity index (χ3n) is 12.1. The fraction of sp³-hybridized carbons (Fsp3) is 0. The molecule has 0 bridgehead atoms. The standard InChI is InChI=1S/C57H38N4/c1-5-19-39(20-6-1)45-27-13-15-30-48(45)55-56(49-31-16-14-28-46(49)40-21-7-2-8-22-40)61-54-38-42(34-36-53(54)60(57(61)58-55)44-25-11-4-12-26-44)41-33-35-52-50(37-41)47-29-17-18-32-51(47)59(52)43-23-9-3-10-24-43/h1-38H. The van der Waals surface area contributed by atoms with E-state index < -0.39 is 0 Å². The van der Waals surface area contributed by atoms with Gasteiger partial charge in [0.25, 0.3) is 0 Å². The summed E-state index contributed by atoms with van der Waals surface area (Å²) in [6.07, 6.45) is 0. The number of aromatic nitrogens is 4. The number of hydrogen-bond acceptors (Lipinski definition) is 1. The van der Waals surface area contributed by atoms with Gasteiger partial charge >= 0.3 is 0 Å². The lowest BCUT2D eigenvalue weighted by molar-refractivity contribution is 1.10. The molecule has 0 saturated carbocycles. The van der Waals surface area contributed by atoms with Gasteiger partial charge < -0.3 is 4.57 Å². The van der Waals surface area contributed by atoms with Crippen LogP contribution in [0.15, 0.2) is 231 Å². The van der Waals surface area contributed by atoms with Crippen LogP contribution in [0.3, 0.4) is 0 Å². The van der Waals surface area contributed by atoms with Gasteiger partial charge in [0, 0.05) is 33.3 Å². The molecule has 0 unspecified atom stereocenters. The van der Waals surface area contributed by atoms with Gasteiger partial charge in [-0.3, -0.25) is 8.97 Å². The molecule has 0 spiro atoms. The number of nitrogens with zero attached hydrogens (tertiary/aromatic N) is 4. The molecule has 0 atom stereocenters. The van der Waals surface area contributed by atoms with E-state index in [4.69, 9.17) is 4.98 Å². The Hall–Kier alpha value is -8.21. The predicted octanol–water partition coefficient (Wildman–Crippen LogP) is 14.7. The summed E-state index contributed by atoms with van der Waals surface area (Å²) in [4.78, 5) is 5.73. The first-order valence-electron chi connectivity index (χ1n) is 20.8. The van der Waals surface area contributed by atoms with Gasteiger partial charge in [-0.1, -0.05) is 176 Å². The van der Waals surface area contributed by atoms with Crippen LogP contribution in [0.1, 0.15) is 0 Å². The molecule has 61 heavy (non-hydrogen) atoms. The van der Waals surface area contributed by atoms with E-state index in [1.807, 2.05) is 0 Å². The van der Waals surface area contributed by atoms with Gasteiger partial charge in [-0.15, -0.1) is 0 Å². The van der Waals surface area contributed by atoms with Gasteiger partial charge in [0.1, 0.15) is 0 Å². The molecule has 12 rings (SSSR count). The van der Waals surface area contributed by atoms with Crippen LogP contribution in [-0.2, 0) is 0 Å². The Labute approximate surface area is 353 Å². The van der Waals surface area contributed by atoms with Crippen LogP contribution in [0.25, 0.3) is 106 Å². The van der Waals surface area contributed by atoms with Crippen LogP contribution in [0.5, 0.6) is 0 Å². The van der Waals surface area contributed by atoms with Gasteiger partial charge in [-0.05, 0) is 88.0 Å². The lowest BCUT2D eigenvalue weighted by atomic mass is 9.92. The SMILES string of the molecule is c1ccc(-c2ccccc2-c2nc3n(-c4ccccc4)c4ccc(-c5ccc6c(c5)c5ccccc5n6-c5ccccc5)cc4n3c2-c2ccccc2-c2ccccc2)cc1. The van der Waals surface area contributed by atoms with E-state index in [-0.39, 0.29) is 0 Å². The molecule has 9 aromatic carbocycles. The Morgan fingerprint density at radius 1 is 0.295 bits per heavy atom. The highest BCUT2D eigenvalue weighted by Crippen LogP contribution is 2.45. The Kier molecular flexibility index (Phi) is 8.13. The number of hydrogen-bond donors (Lipinski definition) is 0. The highest BCUT2D eigenvalue weighted by molar-refractivity contribution is 6.10. The molecule has 3 aromatic heterocycles. The molecule has 4 heteroatoms. The zero-order valence-electron chi connectivity index (χ0n) is 33.2. The molecule has 0 amide bonds. The summed E-state index contributed by atoms with van der Waals surface area (Å²) < 4.78 is 7.10. The van der Waals surface area contributed by atoms with Crippen molar-refractivity contribution in [3.63, 3.8) is 0 Å². The first-order valence-corrected chi connectivity index (χ1v) is 20.8. The number of benzene rings is 9. The summed E-state index contributed by atoms with van der Waals surface area (Å²) in [7, 11) is 0. The van der Waals surface area contributed by atoms with Gasteiger partial charge in [-0.2, -0.15) is 0 Å². The lowest BCUT2D eigenvalue weighted by Crippen LogP contribution is -1.95. The van der Waals surface area contributed by atoms with E-state index in [1.165, 1.54) is 21.8 Å². The second kappa shape index (κ2) is 14.3. The molecule has 0 fully saturated rings. The van der Waals surface area contributed by atoms with Gasteiger partial charge in [0.15, 0.2) is 0 Å². The van der Waals surface area contributed by atoms with Crippen molar-refractivity contribution in [1.82, 2.24) is 18.5 Å². The van der Waals surface area contributed by atoms with E-state index in [0.29, 0.717) is 0 Å². The third-order valence-corrected chi connectivity index (χ3v) is 12.1. The topological polar surface area (TPSA) is 27.2 Å². The lowest BCUT2D eigenvalue weighted by Gasteiger charge is -2.14. The number of imidazole rings is 2. The smallest absolute Gasteiger partial charge is 0.220 e. The summed E-state index contributed by atoms with van der Waals surface area (Å²) in [6.45, 7) is 0. The number of rotatable bonds is 7. The molecule has 286 valence electrons. The van der Waals surface area contributed by atoms with Crippen molar-refractivity contribution in [3.05, 3.63) is 231 Å². The Bertz CT molecular complexity index is 3560. The minimum atomic E-state index is 0.857. The van der Waals surface area contributed by atoms with Crippen molar-refractivity contribution >= 4 is 38.6 Å². The zero-order chi connectivity index (χ0) is 40.3. The normalized spacial score (nSPS) is 11.6. The molecule has 0 aliphatic heterocycles. The average Bonchev–Trinajstić information content (AvgIpc) is 3.99. The van der Waals surface area contributed by atoms with Crippen molar-refractivity contribution in [1.29, 1.82) is 0 Å². The molecular formula is C57H38N4. The van der Waals surface area contributed by atoms with E-state index in [2.05, 4.69) is 244 Å². The Morgan fingerprint density at radius 3 is 1.43 bits per heavy atom. The second-order valence-corrected chi connectivity index (χ2v) is 15.6. The average molecular weight is 779 g/mol. The summed E-state index contributed by atoms with van der Waals surface area (Å²) in [6, 6.07) is 82.7. The summed E-state index contributed by atoms with van der Waals surface area (Å²) in [5.41, 5.74) is 17.8. The molecule has 0 aliphatic carbocycles. The molecule has 4 nitrogen and oxygen atoms in total. The van der Waals surface area contributed by atoms with Gasteiger partial charge in [0.2, 0.25) is 5.78 Å². The van der Waals surface area contributed by atoms with Crippen LogP contribution in [0.2, 0.25) is 0 Å².